The van der Waals surface area contributed by atoms with E-state index in [9.17, 15) is 0 Å². The van der Waals surface area contributed by atoms with Crippen LogP contribution >= 0.6 is 12.4 Å². The highest BCUT2D eigenvalue weighted by Crippen LogP contribution is 2.09. The Morgan fingerprint density at radius 1 is 1.45 bits per heavy atom. The largest absolute Gasteiger partial charge is 0.508 e. The van der Waals surface area contributed by atoms with Gasteiger partial charge in [0.05, 0.1) is 0 Å². The van der Waals surface area contributed by atoms with E-state index in [0.717, 1.165) is 5.56 Å². The molecule has 0 aliphatic carbocycles. The normalized spacial score (nSPS) is 8.82. The zero-order valence-electron chi connectivity index (χ0n) is 5.95. The summed E-state index contributed by atoms with van der Waals surface area (Å²) in [7, 11) is 0. The van der Waals surface area contributed by atoms with Gasteiger partial charge in [0.1, 0.15) is 5.75 Å². The Balaban J connectivity index is 0.000001000. The van der Waals surface area contributed by atoms with Crippen LogP contribution < -0.4 is 11.3 Å². The summed E-state index contributed by atoms with van der Waals surface area (Å²) in [4.78, 5) is 0. The molecule has 0 saturated carbocycles. The molecule has 11 heavy (non-hydrogen) atoms. The van der Waals surface area contributed by atoms with Gasteiger partial charge in [-0.25, -0.2) is 0 Å². The van der Waals surface area contributed by atoms with E-state index in [1.165, 1.54) is 0 Å². The van der Waals surface area contributed by atoms with E-state index < -0.39 is 0 Å². The summed E-state index contributed by atoms with van der Waals surface area (Å²) in [5.74, 6) is 5.35. The number of hydrazine groups is 1. The lowest BCUT2D eigenvalue weighted by atomic mass is 10.2. The van der Waals surface area contributed by atoms with Crippen molar-refractivity contribution in [2.45, 2.75) is 6.54 Å². The Kier molecular flexibility index (Phi) is 4.61. The van der Waals surface area contributed by atoms with Crippen LogP contribution in [0.5, 0.6) is 5.75 Å². The smallest absolute Gasteiger partial charge is 0.115 e. The molecule has 4 N–H and O–H groups in total. The minimum absolute atomic E-state index is 0. The summed E-state index contributed by atoms with van der Waals surface area (Å²) >= 11 is 0. The summed E-state index contributed by atoms with van der Waals surface area (Å²) in [5, 5.41) is 8.97. The maximum Gasteiger partial charge on any atom is 0.115 e. The van der Waals surface area contributed by atoms with Crippen molar-refractivity contribution < 1.29 is 5.11 Å². The number of phenolic OH excluding ortho intramolecular Hbond substituents is 1. The van der Waals surface area contributed by atoms with Crippen LogP contribution in [0.1, 0.15) is 5.56 Å². The standard InChI is InChI=1S/C7H10N2O.ClH/c8-9-5-6-2-1-3-7(10)4-6;/h1-4,9-10H,5,8H2;1H. The van der Waals surface area contributed by atoms with Crippen LogP contribution in [0.3, 0.4) is 0 Å². The average Bonchev–Trinajstić information content (AvgIpc) is 1.88. The molecule has 0 bridgehead atoms. The second kappa shape index (κ2) is 4.96. The molecule has 0 fully saturated rings. The fourth-order valence-electron chi connectivity index (χ4n) is 0.784. The number of benzene rings is 1. The SMILES string of the molecule is Cl.NNCc1cccc(O)c1. The zero-order chi connectivity index (χ0) is 7.40. The number of hydrogen-bond donors (Lipinski definition) is 3. The second-order valence-corrected chi connectivity index (χ2v) is 2.05. The van der Waals surface area contributed by atoms with E-state index in [1.54, 1.807) is 18.2 Å². The number of halogens is 1. The molecular formula is C7H11ClN2O. The topological polar surface area (TPSA) is 58.3 Å². The molecule has 62 valence electrons. The molecule has 3 nitrogen and oxygen atoms in total. The second-order valence-electron chi connectivity index (χ2n) is 2.05. The van der Waals surface area contributed by atoms with Gasteiger partial charge in [-0.15, -0.1) is 12.4 Å². The van der Waals surface area contributed by atoms with E-state index >= 15 is 0 Å². The predicted molar refractivity (Wildman–Crippen MR) is 46.4 cm³/mol. The molecule has 0 heterocycles. The third-order valence-electron chi connectivity index (χ3n) is 1.22. The summed E-state index contributed by atoms with van der Waals surface area (Å²) in [6.07, 6.45) is 0. The van der Waals surface area contributed by atoms with Crippen molar-refractivity contribution in [3.05, 3.63) is 29.8 Å². The molecule has 0 amide bonds. The molecule has 4 heteroatoms. The number of nitrogens with two attached hydrogens (primary N) is 1. The van der Waals surface area contributed by atoms with Crippen molar-refractivity contribution in [2.24, 2.45) is 5.84 Å². The number of hydrogen-bond acceptors (Lipinski definition) is 3. The molecule has 0 radical (unpaired) electrons. The Morgan fingerprint density at radius 3 is 2.73 bits per heavy atom. The fraction of sp³-hybridized carbons (Fsp3) is 0.143. The fourth-order valence-corrected chi connectivity index (χ4v) is 0.784. The van der Waals surface area contributed by atoms with Gasteiger partial charge in [-0.05, 0) is 17.7 Å². The minimum Gasteiger partial charge on any atom is -0.508 e. The van der Waals surface area contributed by atoms with Gasteiger partial charge in [-0.1, -0.05) is 12.1 Å². The molecule has 0 saturated heterocycles. The van der Waals surface area contributed by atoms with Gasteiger partial charge in [0.15, 0.2) is 0 Å². The highest BCUT2D eigenvalue weighted by atomic mass is 35.5. The quantitative estimate of drug-likeness (QED) is 0.459. The lowest BCUT2D eigenvalue weighted by molar-refractivity contribution is 0.474. The van der Waals surface area contributed by atoms with E-state index in [0.29, 0.717) is 6.54 Å². The Hall–Kier alpha value is -0.770. The van der Waals surface area contributed by atoms with Crippen molar-refractivity contribution >= 4 is 12.4 Å². The molecule has 1 aromatic carbocycles. The molecule has 0 atom stereocenters. The van der Waals surface area contributed by atoms with Crippen molar-refractivity contribution in [3.8, 4) is 5.75 Å². The summed E-state index contributed by atoms with van der Waals surface area (Å²) < 4.78 is 0. The van der Waals surface area contributed by atoms with Gasteiger partial charge in [0.25, 0.3) is 0 Å². The lowest BCUT2D eigenvalue weighted by Gasteiger charge is -1.98. The van der Waals surface area contributed by atoms with E-state index in [2.05, 4.69) is 5.43 Å². The molecule has 1 rings (SSSR count). The van der Waals surface area contributed by atoms with Gasteiger partial charge in [0, 0.05) is 6.54 Å². The van der Waals surface area contributed by atoms with Crippen LogP contribution in [0.4, 0.5) is 0 Å². The molecule has 0 aliphatic heterocycles. The number of rotatable bonds is 2. The maximum absolute atomic E-state index is 8.97. The van der Waals surface area contributed by atoms with Gasteiger partial charge in [0.2, 0.25) is 0 Å². The molecule has 1 aromatic rings. The zero-order valence-corrected chi connectivity index (χ0v) is 6.77. The number of aromatic hydroxyl groups is 1. The van der Waals surface area contributed by atoms with Crippen LogP contribution in [0.15, 0.2) is 24.3 Å². The van der Waals surface area contributed by atoms with Crippen LogP contribution in [0.25, 0.3) is 0 Å². The molecule has 0 unspecified atom stereocenters. The lowest BCUT2D eigenvalue weighted by Crippen LogP contribution is -2.20. The van der Waals surface area contributed by atoms with Gasteiger partial charge >= 0.3 is 0 Å². The maximum atomic E-state index is 8.97. The van der Waals surface area contributed by atoms with Crippen molar-refractivity contribution in [1.29, 1.82) is 0 Å². The molecule has 0 aromatic heterocycles. The third kappa shape index (κ3) is 3.23. The predicted octanol–water partition coefficient (Wildman–Crippen LogP) is 0.777. The highest BCUT2D eigenvalue weighted by molar-refractivity contribution is 5.85. The van der Waals surface area contributed by atoms with Crippen LogP contribution in [-0.2, 0) is 6.54 Å². The van der Waals surface area contributed by atoms with Gasteiger partial charge in [-0.3, -0.25) is 11.3 Å². The first kappa shape index (κ1) is 10.2. The monoisotopic (exact) mass is 174 g/mol. The molecule has 0 spiro atoms. The van der Waals surface area contributed by atoms with E-state index in [1.807, 2.05) is 6.07 Å². The molecule has 0 aliphatic rings. The van der Waals surface area contributed by atoms with Crippen molar-refractivity contribution in [3.63, 3.8) is 0 Å². The van der Waals surface area contributed by atoms with Gasteiger partial charge < -0.3 is 5.11 Å². The van der Waals surface area contributed by atoms with Crippen LogP contribution in [0.2, 0.25) is 0 Å². The van der Waals surface area contributed by atoms with Crippen molar-refractivity contribution in [1.82, 2.24) is 5.43 Å². The van der Waals surface area contributed by atoms with Crippen molar-refractivity contribution in [2.75, 3.05) is 0 Å². The number of nitrogens with one attached hydrogen (secondary N) is 1. The average molecular weight is 175 g/mol. The Bertz CT molecular complexity index is 217. The highest BCUT2D eigenvalue weighted by Gasteiger charge is 1.90. The first-order valence-corrected chi connectivity index (χ1v) is 3.04. The Labute approximate surface area is 71.6 Å². The minimum atomic E-state index is 0. The van der Waals surface area contributed by atoms with Gasteiger partial charge in [-0.2, -0.15) is 0 Å². The summed E-state index contributed by atoms with van der Waals surface area (Å²) in [6, 6.07) is 6.96. The first-order valence-electron chi connectivity index (χ1n) is 3.04. The summed E-state index contributed by atoms with van der Waals surface area (Å²) in [5.41, 5.74) is 3.47. The van der Waals surface area contributed by atoms with E-state index in [4.69, 9.17) is 10.9 Å². The van der Waals surface area contributed by atoms with E-state index in [-0.39, 0.29) is 18.2 Å². The first-order chi connectivity index (χ1) is 4.83. The van der Waals surface area contributed by atoms with Crippen LogP contribution in [-0.4, -0.2) is 5.11 Å². The molecular weight excluding hydrogens is 164 g/mol. The Morgan fingerprint density at radius 2 is 2.18 bits per heavy atom. The summed E-state index contributed by atoms with van der Waals surface area (Å²) in [6.45, 7) is 0.578. The third-order valence-corrected chi connectivity index (χ3v) is 1.22. The van der Waals surface area contributed by atoms with Crippen LogP contribution in [0, 0.1) is 0 Å². The number of phenols is 1.